The lowest BCUT2D eigenvalue weighted by Gasteiger charge is -2.25. The number of aliphatic imine (C=N–C) groups is 1. The molecule has 5 nitrogen and oxygen atoms in total. The maximum atomic E-state index is 13.0. The van der Waals surface area contributed by atoms with Gasteiger partial charge in [-0.15, -0.1) is 0 Å². The summed E-state index contributed by atoms with van der Waals surface area (Å²) < 4.78 is 17.6. The van der Waals surface area contributed by atoms with Gasteiger partial charge in [-0.2, -0.15) is 0 Å². The molecule has 0 aliphatic rings. The summed E-state index contributed by atoms with van der Waals surface area (Å²) in [7, 11) is 0. The third-order valence-electron chi connectivity index (χ3n) is 3.23. The third kappa shape index (κ3) is 4.25. The second-order valence-corrected chi connectivity index (χ2v) is 5.25. The molecule has 0 saturated carbocycles. The van der Waals surface area contributed by atoms with E-state index in [4.69, 9.17) is 11.1 Å². The summed E-state index contributed by atoms with van der Waals surface area (Å²) in [6.45, 7) is 6.96. The van der Waals surface area contributed by atoms with Gasteiger partial charge in [0.15, 0.2) is 0 Å². The molecule has 3 N–H and O–H groups in total. The van der Waals surface area contributed by atoms with Gasteiger partial charge in [-0.05, 0) is 45.4 Å². The van der Waals surface area contributed by atoms with Gasteiger partial charge in [0.2, 0.25) is 5.90 Å². The van der Waals surface area contributed by atoms with Crippen molar-refractivity contribution in [1.29, 1.82) is 5.41 Å². The SMILES string of the molecule is C/C=C(\N=C(C)c1ccc(F)cc1)C(C)(C)C(=N)OC(N)=O. The standard InChI is InChI=1S/C16H20FN3O2/c1-5-13(16(3,4)14(18)22-15(19)21)20-10(2)11-6-8-12(17)9-7-11/h5-9,18H,1-4H3,(H2,19,21)/b13-5-,18-14?,20-10?. The van der Waals surface area contributed by atoms with E-state index >= 15 is 0 Å². The molecule has 0 aliphatic heterocycles. The highest BCUT2D eigenvalue weighted by Crippen LogP contribution is 2.30. The lowest BCUT2D eigenvalue weighted by molar-refractivity contribution is 0.201. The van der Waals surface area contributed by atoms with E-state index in [1.54, 1.807) is 45.9 Å². The van der Waals surface area contributed by atoms with Crippen molar-refractivity contribution in [3.8, 4) is 0 Å². The first-order valence-electron chi connectivity index (χ1n) is 6.72. The number of allylic oxidation sites excluding steroid dienone is 1. The predicted molar refractivity (Wildman–Crippen MR) is 84.5 cm³/mol. The Morgan fingerprint density at radius 2 is 1.91 bits per heavy atom. The number of ether oxygens (including phenoxy) is 1. The second-order valence-electron chi connectivity index (χ2n) is 5.25. The number of amides is 1. The van der Waals surface area contributed by atoms with Crippen LogP contribution in [0.4, 0.5) is 9.18 Å². The number of nitrogens with one attached hydrogen (secondary N) is 1. The number of primary amides is 1. The number of benzene rings is 1. The van der Waals surface area contributed by atoms with Gasteiger partial charge in [-0.1, -0.05) is 18.2 Å². The minimum atomic E-state index is -1.03. The number of hydrogen-bond donors (Lipinski definition) is 2. The first-order chi connectivity index (χ1) is 10.2. The summed E-state index contributed by atoms with van der Waals surface area (Å²) in [5.74, 6) is -0.608. The lowest BCUT2D eigenvalue weighted by Crippen LogP contribution is -2.32. The maximum absolute atomic E-state index is 13.0. The van der Waals surface area contributed by atoms with Gasteiger partial charge in [-0.25, -0.2) is 9.18 Å². The number of rotatable bonds is 4. The monoisotopic (exact) mass is 305 g/mol. The molecule has 0 aliphatic carbocycles. The number of hydrogen-bond acceptors (Lipinski definition) is 4. The first-order valence-corrected chi connectivity index (χ1v) is 6.72. The molecule has 0 fully saturated rings. The summed E-state index contributed by atoms with van der Waals surface area (Å²) in [5.41, 5.74) is 5.99. The molecule has 0 aromatic heterocycles. The summed E-state index contributed by atoms with van der Waals surface area (Å²) in [6.07, 6.45) is 0.694. The Balaban J connectivity index is 3.10. The molecule has 1 aromatic carbocycles. The van der Waals surface area contributed by atoms with Crippen LogP contribution in [0.25, 0.3) is 0 Å². The Morgan fingerprint density at radius 3 is 2.36 bits per heavy atom. The first kappa shape index (κ1) is 17.6. The molecule has 1 aromatic rings. The van der Waals surface area contributed by atoms with Gasteiger partial charge in [0.25, 0.3) is 0 Å². The Labute approximate surface area is 129 Å². The van der Waals surface area contributed by atoms with Crippen LogP contribution in [-0.4, -0.2) is 17.7 Å². The number of nitrogens with zero attached hydrogens (tertiary/aromatic N) is 1. The number of nitrogens with two attached hydrogens (primary N) is 1. The molecule has 0 radical (unpaired) electrons. The van der Waals surface area contributed by atoms with Crippen LogP contribution in [-0.2, 0) is 4.74 Å². The van der Waals surface area contributed by atoms with Crippen molar-refractivity contribution in [3.05, 3.63) is 47.4 Å². The Morgan fingerprint density at radius 1 is 1.36 bits per heavy atom. The molecule has 0 heterocycles. The van der Waals surface area contributed by atoms with Crippen LogP contribution in [0.5, 0.6) is 0 Å². The molecular formula is C16H20FN3O2. The molecule has 6 heteroatoms. The molecule has 0 bridgehead atoms. The molecule has 1 amide bonds. The van der Waals surface area contributed by atoms with E-state index in [2.05, 4.69) is 9.73 Å². The van der Waals surface area contributed by atoms with Crippen molar-refractivity contribution in [3.63, 3.8) is 0 Å². The fourth-order valence-electron chi connectivity index (χ4n) is 1.85. The van der Waals surface area contributed by atoms with E-state index in [9.17, 15) is 9.18 Å². The van der Waals surface area contributed by atoms with Gasteiger partial charge >= 0.3 is 6.09 Å². The minimum absolute atomic E-state index is 0.288. The topological polar surface area (TPSA) is 88.5 Å². The van der Waals surface area contributed by atoms with E-state index in [-0.39, 0.29) is 11.7 Å². The molecular weight excluding hydrogens is 285 g/mol. The summed E-state index contributed by atoms with van der Waals surface area (Å²) in [6, 6.07) is 5.96. The molecule has 0 saturated heterocycles. The van der Waals surface area contributed by atoms with Gasteiger partial charge in [0, 0.05) is 5.71 Å². The Hall–Kier alpha value is -2.50. The maximum Gasteiger partial charge on any atom is 0.411 e. The fourth-order valence-corrected chi connectivity index (χ4v) is 1.85. The van der Waals surface area contributed by atoms with Crippen LogP contribution in [0.15, 0.2) is 41.0 Å². The molecule has 118 valence electrons. The smallest absolute Gasteiger partial charge is 0.395 e. The zero-order valence-electron chi connectivity index (χ0n) is 13.1. The largest absolute Gasteiger partial charge is 0.411 e. The fraction of sp³-hybridized carbons (Fsp3) is 0.312. The Bertz CT molecular complexity index is 631. The lowest BCUT2D eigenvalue weighted by atomic mass is 9.88. The quantitative estimate of drug-likeness (QED) is 0.657. The summed E-state index contributed by atoms with van der Waals surface area (Å²) >= 11 is 0. The van der Waals surface area contributed by atoms with Crippen molar-refractivity contribution in [1.82, 2.24) is 0 Å². The van der Waals surface area contributed by atoms with E-state index in [1.807, 2.05) is 0 Å². The highest BCUT2D eigenvalue weighted by Gasteiger charge is 2.31. The van der Waals surface area contributed by atoms with Gasteiger partial charge in [0.05, 0.1) is 11.1 Å². The minimum Gasteiger partial charge on any atom is -0.395 e. The van der Waals surface area contributed by atoms with Crippen molar-refractivity contribution in [2.75, 3.05) is 0 Å². The van der Waals surface area contributed by atoms with Crippen molar-refractivity contribution >= 4 is 17.7 Å². The predicted octanol–water partition coefficient (Wildman–Crippen LogP) is 3.64. The Kier molecular flexibility index (Phi) is 5.56. The second kappa shape index (κ2) is 6.98. The zero-order valence-corrected chi connectivity index (χ0v) is 13.1. The van der Waals surface area contributed by atoms with Crippen LogP contribution in [0.3, 0.4) is 0 Å². The summed E-state index contributed by atoms with van der Waals surface area (Å²) in [4.78, 5) is 15.3. The highest BCUT2D eigenvalue weighted by molar-refractivity contribution is 6.00. The van der Waals surface area contributed by atoms with Crippen molar-refractivity contribution in [2.24, 2.45) is 16.1 Å². The van der Waals surface area contributed by atoms with Crippen LogP contribution >= 0.6 is 0 Å². The molecule has 0 spiro atoms. The number of carbonyl (C=O) groups is 1. The van der Waals surface area contributed by atoms with E-state index in [0.717, 1.165) is 5.56 Å². The molecule has 1 rings (SSSR count). The van der Waals surface area contributed by atoms with Crippen molar-refractivity contribution < 1.29 is 13.9 Å². The number of halogens is 1. The molecule has 0 atom stereocenters. The average molecular weight is 305 g/mol. The molecule has 0 unspecified atom stereocenters. The normalized spacial score (nSPS) is 13.0. The van der Waals surface area contributed by atoms with E-state index in [0.29, 0.717) is 11.4 Å². The van der Waals surface area contributed by atoms with Gasteiger partial charge < -0.3 is 10.5 Å². The van der Waals surface area contributed by atoms with E-state index in [1.165, 1.54) is 12.1 Å². The third-order valence-corrected chi connectivity index (χ3v) is 3.23. The van der Waals surface area contributed by atoms with Crippen LogP contribution in [0.2, 0.25) is 0 Å². The van der Waals surface area contributed by atoms with Gasteiger partial charge in [0.1, 0.15) is 5.82 Å². The van der Waals surface area contributed by atoms with Crippen LogP contribution in [0, 0.1) is 16.6 Å². The zero-order chi connectivity index (χ0) is 16.9. The highest BCUT2D eigenvalue weighted by atomic mass is 19.1. The van der Waals surface area contributed by atoms with Crippen LogP contribution < -0.4 is 5.73 Å². The molecule has 22 heavy (non-hydrogen) atoms. The van der Waals surface area contributed by atoms with E-state index < -0.39 is 11.5 Å². The average Bonchev–Trinajstić information content (AvgIpc) is 2.44. The number of carbonyl (C=O) groups excluding carboxylic acids is 1. The summed E-state index contributed by atoms with van der Waals surface area (Å²) in [5, 5.41) is 7.85. The van der Waals surface area contributed by atoms with Gasteiger partial charge in [-0.3, -0.25) is 10.4 Å². The van der Waals surface area contributed by atoms with Crippen LogP contribution in [0.1, 0.15) is 33.3 Å². The van der Waals surface area contributed by atoms with Crippen molar-refractivity contribution in [2.45, 2.75) is 27.7 Å².